The third-order valence-electron chi connectivity index (χ3n) is 4.86. The molecule has 0 bridgehead atoms. The topological polar surface area (TPSA) is 39.2 Å². The lowest BCUT2D eigenvalue weighted by molar-refractivity contribution is 0.0963. The summed E-state index contributed by atoms with van der Waals surface area (Å²) in [5.74, 6) is 1.22. The minimum Gasteiger partial charge on any atom is -0.496 e. The van der Waals surface area contributed by atoms with E-state index in [9.17, 15) is 4.79 Å². The quantitative estimate of drug-likeness (QED) is 0.700. The molecule has 120 valence electrons. The van der Waals surface area contributed by atoms with Gasteiger partial charge in [0.05, 0.1) is 12.8 Å². The highest BCUT2D eigenvalue weighted by Crippen LogP contribution is 2.38. The first-order chi connectivity index (χ1) is 11.7. The summed E-state index contributed by atoms with van der Waals surface area (Å²) in [5.41, 5.74) is 3.88. The fourth-order valence-electron chi connectivity index (χ4n) is 3.71. The molecule has 0 aliphatic heterocycles. The zero-order valence-electron chi connectivity index (χ0n) is 13.9. The molecule has 3 nitrogen and oxygen atoms in total. The molecule has 1 aliphatic rings. The molecule has 0 fully saturated rings. The van der Waals surface area contributed by atoms with E-state index in [1.807, 2.05) is 37.3 Å². The lowest BCUT2D eigenvalue weighted by Gasteiger charge is -2.25. The number of methoxy groups -OCH3 is 1. The van der Waals surface area contributed by atoms with Crippen molar-refractivity contribution in [2.45, 2.75) is 25.7 Å². The van der Waals surface area contributed by atoms with Crippen molar-refractivity contribution in [3.05, 3.63) is 71.0 Å². The number of rotatable bonds is 2. The summed E-state index contributed by atoms with van der Waals surface area (Å²) in [6.45, 7) is 1.97. The highest BCUT2D eigenvalue weighted by Gasteiger charge is 2.28. The first-order valence-corrected chi connectivity index (χ1v) is 8.22. The number of aromatic nitrogens is 1. The Balaban J connectivity index is 1.83. The van der Waals surface area contributed by atoms with Crippen LogP contribution in [0.5, 0.6) is 5.75 Å². The molecule has 4 rings (SSSR count). The second-order valence-electron chi connectivity index (χ2n) is 6.38. The minimum atomic E-state index is 0.162. The number of hydrogen-bond acceptors (Lipinski definition) is 3. The van der Waals surface area contributed by atoms with Crippen molar-refractivity contribution in [1.82, 2.24) is 4.98 Å². The molecular formula is C21H19NO2. The predicted molar refractivity (Wildman–Crippen MR) is 94.9 cm³/mol. The Morgan fingerprint density at radius 1 is 1.00 bits per heavy atom. The van der Waals surface area contributed by atoms with Crippen LogP contribution >= 0.6 is 0 Å². The average Bonchev–Trinajstić information content (AvgIpc) is 2.60. The van der Waals surface area contributed by atoms with Gasteiger partial charge in [0.15, 0.2) is 5.78 Å². The van der Waals surface area contributed by atoms with Crippen molar-refractivity contribution < 1.29 is 9.53 Å². The van der Waals surface area contributed by atoms with E-state index in [2.05, 4.69) is 23.2 Å². The van der Waals surface area contributed by atoms with Gasteiger partial charge in [-0.3, -0.25) is 9.78 Å². The third-order valence-corrected chi connectivity index (χ3v) is 4.86. The standard InChI is InChI=1S/C21H19NO2/c1-13-7-8-18-19(22-13)11-14(12-20(18)23)15-9-10-21(24-2)17-6-4-3-5-16(15)17/h3-10,14H,11-12H2,1-2H3. The Morgan fingerprint density at radius 3 is 2.58 bits per heavy atom. The fourth-order valence-corrected chi connectivity index (χ4v) is 3.71. The number of fused-ring (bicyclic) bond motifs is 2. The van der Waals surface area contributed by atoms with Crippen LogP contribution < -0.4 is 4.74 Å². The van der Waals surface area contributed by atoms with Crippen LogP contribution in [0.15, 0.2) is 48.5 Å². The van der Waals surface area contributed by atoms with Gasteiger partial charge in [-0.25, -0.2) is 0 Å². The molecule has 1 unspecified atom stereocenters. The summed E-state index contributed by atoms with van der Waals surface area (Å²) >= 11 is 0. The van der Waals surface area contributed by atoms with Crippen molar-refractivity contribution in [1.29, 1.82) is 0 Å². The smallest absolute Gasteiger partial charge is 0.165 e. The first kappa shape index (κ1) is 14.9. The van der Waals surface area contributed by atoms with E-state index < -0.39 is 0 Å². The van der Waals surface area contributed by atoms with E-state index in [1.165, 1.54) is 5.56 Å². The molecular weight excluding hydrogens is 298 g/mol. The van der Waals surface area contributed by atoms with Gasteiger partial charge in [-0.05, 0) is 48.4 Å². The number of benzene rings is 2. The SMILES string of the molecule is COc1ccc(C2CC(=O)c3ccc(C)nc3C2)c2ccccc12. The van der Waals surface area contributed by atoms with E-state index in [-0.39, 0.29) is 11.7 Å². The second-order valence-corrected chi connectivity index (χ2v) is 6.38. The summed E-state index contributed by atoms with van der Waals surface area (Å²) < 4.78 is 5.48. The molecule has 0 spiro atoms. The maximum absolute atomic E-state index is 12.6. The maximum atomic E-state index is 12.6. The van der Waals surface area contributed by atoms with Gasteiger partial charge in [-0.2, -0.15) is 0 Å². The zero-order valence-corrected chi connectivity index (χ0v) is 13.9. The molecule has 0 N–H and O–H groups in total. The number of carbonyl (C=O) groups is 1. The predicted octanol–water partition coefficient (Wildman–Crippen LogP) is 4.46. The Hall–Kier alpha value is -2.68. The van der Waals surface area contributed by atoms with Gasteiger partial charge in [0, 0.05) is 23.1 Å². The van der Waals surface area contributed by atoms with Crippen LogP contribution in [0.1, 0.15) is 39.6 Å². The highest BCUT2D eigenvalue weighted by atomic mass is 16.5. The van der Waals surface area contributed by atoms with Gasteiger partial charge in [-0.15, -0.1) is 0 Å². The molecule has 1 aliphatic carbocycles. The second kappa shape index (κ2) is 5.75. The van der Waals surface area contributed by atoms with Crippen molar-refractivity contribution in [3.8, 4) is 5.75 Å². The lowest BCUT2D eigenvalue weighted by atomic mass is 9.80. The molecule has 1 heterocycles. The molecule has 0 amide bonds. The Kier molecular flexibility index (Phi) is 3.57. The Labute approximate surface area is 141 Å². The van der Waals surface area contributed by atoms with Crippen LogP contribution in [-0.4, -0.2) is 17.9 Å². The van der Waals surface area contributed by atoms with Crippen LogP contribution in [-0.2, 0) is 6.42 Å². The molecule has 2 aromatic carbocycles. The molecule has 0 saturated heterocycles. The molecule has 1 atom stereocenters. The Bertz CT molecular complexity index is 946. The van der Waals surface area contributed by atoms with E-state index >= 15 is 0 Å². The van der Waals surface area contributed by atoms with Gasteiger partial charge in [0.2, 0.25) is 0 Å². The third kappa shape index (κ3) is 2.37. The lowest BCUT2D eigenvalue weighted by Crippen LogP contribution is -2.20. The van der Waals surface area contributed by atoms with Crippen molar-refractivity contribution in [2.24, 2.45) is 0 Å². The maximum Gasteiger partial charge on any atom is 0.165 e. The van der Waals surface area contributed by atoms with Gasteiger partial charge < -0.3 is 4.74 Å². The first-order valence-electron chi connectivity index (χ1n) is 8.22. The summed E-state index contributed by atoms with van der Waals surface area (Å²) in [4.78, 5) is 17.2. The summed E-state index contributed by atoms with van der Waals surface area (Å²) in [5, 5.41) is 2.25. The molecule has 0 saturated carbocycles. The molecule has 3 aromatic rings. The normalized spacial score (nSPS) is 16.9. The van der Waals surface area contributed by atoms with E-state index in [0.717, 1.165) is 39.9 Å². The fraction of sp³-hybridized carbons (Fsp3) is 0.238. The van der Waals surface area contributed by atoms with E-state index in [4.69, 9.17) is 4.74 Å². The molecule has 24 heavy (non-hydrogen) atoms. The van der Waals surface area contributed by atoms with Gasteiger partial charge >= 0.3 is 0 Å². The molecule has 0 radical (unpaired) electrons. The van der Waals surface area contributed by atoms with Crippen molar-refractivity contribution in [3.63, 3.8) is 0 Å². The number of aryl methyl sites for hydroxylation is 1. The highest BCUT2D eigenvalue weighted by molar-refractivity contribution is 5.99. The van der Waals surface area contributed by atoms with E-state index in [1.54, 1.807) is 7.11 Å². The van der Waals surface area contributed by atoms with Crippen LogP contribution in [0.2, 0.25) is 0 Å². The summed E-state index contributed by atoms with van der Waals surface area (Å²) in [7, 11) is 1.69. The number of pyridine rings is 1. The van der Waals surface area contributed by atoms with Gasteiger partial charge in [0.1, 0.15) is 5.75 Å². The number of Topliss-reactive ketones (excluding diaryl/α,β-unsaturated/α-hetero) is 1. The average molecular weight is 317 g/mol. The van der Waals surface area contributed by atoms with Gasteiger partial charge in [-0.1, -0.05) is 30.3 Å². The summed E-state index contributed by atoms with van der Waals surface area (Å²) in [6.07, 6.45) is 1.34. The van der Waals surface area contributed by atoms with Crippen molar-refractivity contribution >= 4 is 16.6 Å². The Morgan fingerprint density at radius 2 is 1.79 bits per heavy atom. The summed E-state index contributed by atoms with van der Waals surface area (Å²) in [6, 6.07) is 16.2. The van der Waals surface area contributed by atoms with Gasteiger partial charge in [0.25, 0.3) is 0 Å². The zero-order chi connectivity index (χ0) is 16.7. The number of hydrogen-bond donors (Lipinski definition) is 0. The molecule has 1 aromatic heterocycles. The number of nitrogens with zero attached hydrogens (tertiary/aromatic N) is 1. The van der Waals surface area contributed by atoms with E-state index in [0.29, 0.717) is 6.42 Å². The van der Waals surface area contributed by atoms with Crippen LogP contribution in [0, 0.1) is 6.92 Å². The largest absolute Gasteiger partial charge is 0.496 e. The number of carbonyl (C=O) groups excluding carboxylic acids is 1. The number of ether oxygens (including phenoxy) is 1. The van der Waals surface area contributed by atoms with Crippen LogP contribution in [0.25, 0.3) is 10.8 Å². The van der Waals surface area contributed by atoms with Crippen LogP contribution in [0.4, 0.5) is 0 Å². The monoisotopic (exact) mass is 317 g/mol. The van der Waals surface area contributed by atoms with Crippen LogP contribution in [0.3, 0.4) is 0 Å². The minimum absolute atomic E-state index is 0.162. The van der Waals surface area contributed by atoms with Crippen molar-refractivity contribution in [2.75, 3.05) is 7.11 Å². The molecule has 3 heteroatoms. The number of ketones is 1.